The molecule has 5 rings (SSSR count). The standard InChI is InChI=1S/C25H32Cl2N6O3/c1-14-23(32-11-8-25(9-12-32)13-35-15(2)22(25)28)29-16(3)33(24(14)34)17-5-6-18(21(27)20(17)26)36-19-7-10-31(4)30-19/h5-7,10,15,18,21-22H,8-9,11-13,28H2,1-4H3/t15-,18+,21+,22+/m0/s1. The molecule has 3 aliphatic rings. The number of halogens is 2. The van der Waals surface area contributed by atoms with Gasteiger partial charge in [0.15, 0.2) is 0 Å². The molecule has 2 aliphatic heterocycles. The molecule has 0 radical (unpaired) electrons. The van der Waals surface area contributed by atoms with Crippen molar-refractivity contribution in [3.05, 3.63) is 51.2 Å². The molecule has 2 aromatic rings. The van der Waals surface area contributed by atoms with Crippen LogP contribution in [0.25, 0.3) is 5.70 Å². The average Bonchev–Trinajstić information content (AvgIpc) is 3.39. The third-order valence-corrected chi connectivity index (χ3v) is 8.77. The summed E-state index contributed by atoms with van der Waals surface area (Å²) in [7, 11) is 1.81. The molecule has 2 N–H and O–H groups in total. The van der Waals surface area contributed by atoms with Crippen LogP contribution in [-0.2, 0) is 11.8 Å². The number of nitrogens with zero attached hydrogens (tertiary/aromatic N) is 5. The van der Waals surface area contributed by atoms with Crippen LogP contribution in [0.1, 0.15) is 31.2 Å². The maximum absolute atomic E-state index is 13.6. The molecule has 0 bridgehead atoms. The van der Waals surface area contributed by atoms with E-state index in [1.807, 2.05) is 20.8 Å². The molecule has 0 amide bonds. The lowest BCUT2D eigenvalue weighted by Gasteiger charge is -2.42. The molecule has 194 valence electrons. The van der Waals surface area contributed by atoms with Gasteiger partial charge < -0.3 is 20.1 Å². The number of nitrogens with two attached hydrogens (primary N) is 1. The first-order chi connectivity index (χ1) is 17.1. The van der Waals surface area contributed by atoms with Gasteiger partial charge in [0.05, 0.1) is 29.0 Å². The summed E-state index contributed by atoms with van der Waals surface area (Å²) >= 11 is 13.3. The van der Waals surface area contributed by atoms with Crippen LogP contribution >= 0.6 is 23.2 Å². The Kier molecular flexibility index (Phi) is 6.70. The minimum absolute atomic E-state index is 0.00230. The molecule has 0 saturated carbocycles. The normalized spacial score (nSPS) is 27.8. The summed E-state index contributed by atoms with van der Waals surface area (Å²) in [5, 5.41) is 3.87. The van der Waals surface area contributed by atoms with E-state index < -0.39 is 11.5 Å². The highest BCUT2D eigenvalue weighted by Crippen LogP contribution is 2.42. The summed E-state index contributed by atoms with van der Waals surface area (Å²) in [6, 6.07) is 1.78. The second kappa shape index (κ2) is 9.52. The topological polar surface area (TPSA) is 100 Å². The lowest BCUT2D eigenvalue weighted by atomic mass is 9.73. The molecule has 2 aromatic heterocycles. The predicted octanol–water partition coefficient (Wildman–Crippen LogP) is 2.96. The third kappa shape index (κ3) is 4.26. The molecule has 2 fully saturated rings. The van der Waals surface area contributed by atoms with E-state index in [2.05, 4.69) is 10.00 Å². The van der Waals surface area contributed by atoms with Gasteiger partial charge in [-0.15, -0.1) is 16.7 Å². The molecular weight excluding hydrogens is 503 g/mol. The lowest BCUT2D eigenvalue weighted by molar-refractivity contribution is 0.0974. The van der Waals surface area contributed by atoms with Crippen molar-refractivity contribution in [2.75, 3.05) is 24.6 Å². The van der Waals surface area contributed by atoms with Gasteiger partial charge in [-0.1, -0.05) is 11.6 Å². The van der Waals surface area contributed by atoms with E-state index in [0.29, 0.717) is 40.4 Å². The van der Waals surface area contributed by atoms with Crippen LogP contribution < -0.4 is 20.9 Å². The van der Waals surface area contributed by atoms with E-state index in [-0.39, 0.29) is 23.1 Å². The summed E-state index contributed by atoms with van der Waals surface area (Å²) in [6.45, 7) is 7.91. The number of hydrogen-bond donors (Lipinski definition) is 1. The maximum Gasteiger partial charge on any atom is 0.263 e. The Bertz CT molecular complexity index is 1280. The van der Waals surface area contributed by atoms with Crippen LogP contribution in [0.2, 0.25) is 0 Å². The van der Waals surface area contributed by atoms with E-state index in [0.717, 1.165) is 25.9 Å². The van der Waals surface area contributed by atoms with Gasteiger partial charge in [0.1, 0.15) is 23.1 Å². The van der Waals surface area contributed by atoms with Gasteiger partial charge in [-0.05, 0) is 45.8 Å². The van der Waals surface area contributed by atoms with Crippen molar-refractivity contribution in [2.24, 2.45) is 18.2 Å². The van der Waals surface area contributed by atoms with Crippen LogP contribution in [0.4, 0.5) is 5.82 Å². The predicted molar refractivity (Wildman–Crippen MR) is 141 cm³/mol. The second-order valence-electron chi connectivity index (χ2n) is 10.0. The first kappa shape index (κ1) is 25.3. The first-order valence-corrected chi connectivity index (χ1v) is 13.0. The van der Waals surface area contributed by atoms with Gasteiger partial charge in [0.25, 0.3) is 5.56 Å². The molecule has 2 saturated heterocycles. The Labute approximate surface area is 220 Å². The summed E-state index contributed by atoms with van der Waals surface area (Å²) in [6.07, 6.45) is 6.71. The van der Waals surface area contributed by atoms with Crippen LogP contribution in [0, 0.1) is 19.3 Å². The monoisotopic (exact) mass is 534 g/mol. The van der Waals surface area contributed by atoms with Gasteiger partial charge in [-0.2, -0.15) is 0 Å². The van der Waals surface area contributed by atoms with Gasteiger partial charge in [0.2, 0.25) is 5.88 Å². The minimum atomic E-state index is -0.682. The summed E-state index contributed by atoms with van der Waals surface area (Å²) in [5.74, 6) is 1.70. The number of piperidine rings is 1. The van der Waals surface area contributed by atoms with Crippen molar-refractivity contribution in [3.63, 3.8) is 0 Å². The fraction of sp³-hybridized carbons (Fsp3) is 0.560. The van der Waals surface area contributed by atoms with E-state index >= 15 is 0 Å². The zero-order valence-corrected chi connectivity index (χ0v) is 22.5. The number of alkyl halides is 1. The van der Waals surface area contributed by atoms with Crippen LogP contribution in [0.15, 0.2) is 34.2 Å². The smallest absolute Gasteiger partial charge is 0.263 e. The lowest BCUT2D eigenvalue weighted by Crippen LogP contribution is -2.51. The zero-order chi connectivity index (χ0) is 25.8. The largest absolute Gasteiger partial charge is 0.467 e. The van der Waals surface area contributed by atoms with Crippen LogP contribution in [-0.4, -0.2) is 62.7 Å². The highest BCUT2D eigenvalue weighted by molar-refractivity contribution is 6.40. The van der Waals surface area contributed by atoms with Crippen molar-refractivity contribution in [1.82, 2.24) is 19.3 Å². The van der Waals surface area contributed by atoms with Gasteiger partial charge in [-0.3, -0.25) is 14.0 Å². The van der Waals surface area contributed by atoms with Gasteiger partial charge in [0, 0.05) is 43.9 Å². The number of aromatic nitrogens is 4. The molecule has 36 heavy (non-hydrogen) atoms. The number of rotatable bonds is 4. The molecule has 4 atom stereocenters. The molecule has 1 aliphatic carbocycles. The molecule has 0 unspecified atom stereocenters. The van der Waals surface area contributed by atoms with E-state index in [1.54, 1.807) is 36.1 Å². The Hall–Kier alpha value is -2.33. The number of hydrogen-bond acceptors (Lipinski definition) is 7. The average molecular weight is 535 g/mol. The van der Waals surface area contributed by atoms with Gasteiger partial charge >= 0.3 is 0 Å². The third-order valence-electron chi connectivity index (χ3n) is 7.76. The van der Waals surface area contributed by atoms with Crippen molar-refractivity contribution < 1.29 is 9.47 Å². The van der Waals surface area contributed by atoms with E-state index in [1.165, 1.54) is 4.57 Å². The van der Waals surface area contributed by atoms with Crippen molar-refractivity contribution in [3.8, 4) is 5.88 Å². The van der Waals surface area contributed by atoms with E-state index in [9.17, 15) is 4.79 Å². The van der Waals surface area contributed by atoms with Crippen molar-refractivity contribution >= 4 is 34.7 Å². The van der Waals surface area contributed by atoms with Crippen LogP contribution in [0.3, 0.4) is 0 Å². The van der Waals surface area contributed by atoms with E-state index in [4.69, 9.17) is 43.4 Å². The molecule has 11 heteroatoms. The van der Waals surface area contributed by atoms with Crippen molar-refractivity contribution in [2.45, 2.75) is 57.2 Å². The Balaban J connectivity index is 1.38. The summed E-state index contributed by atoms with van der Waals surface area (Å²) in [4.78, 5) is 20.6. The maximum atomic E-state index is 13.6. The molecule has 4 heterocycles. The number of allylic oxidation sites excluding steroid dienone is 2. The highest BCUT2D eigenvalue weighted by atomic mass is 35.5. The Morgan fingerprint density at radius 1 is 1.28 bits per heavy atom. The summed E-state index contributed by atoms with van der Waals surface area (Å²) in [5.41, 5.74) is 7.38. The van der Waals surface area contributed by atoms with Crippen molar-refractivity contribution in [1.29, 1.82) is 0 Å². The number of anilines is 1. The minimum Gasteiger partial charge on any atom is -0.467 e. The second-order valence-corrected chi connectivity index (χ2v) is 10.9. The molecule has 0 aromatic carbocycles. The number of aryl methyl sites for hydroxylation is 2. The molecule has 9 nitrogen and oxygen atoms in total. The fourth-order valence-electron chi connectivity index (χ4n) is 5.45. The fourth-order valence-corrected chi connectivity index (χ4v) is 5.97. The first-order valence-electron chi connectivity index (χ1n) is 12.2. The molecular formula is C25H32Cl2N6O3. The quantitative estimate of drug-likeness (QED) is 0.601. The number of ether oxygens (including phenoxy) is 2. The van der Waals surface area contributed by atoms with Gasteiger partial charge in [-0.25, -0.2) is 4.98 Å². The van der Waals surface area contributed by atoms with Crippen LogP contribution in [0.5, 0.6) is 5.88 Å². The highest BCUT2D eigenvalue weighted by Gasteiger charge is 2.47. The Morgan fingerprint density at radius 3 is 2.61 bits per heavy atom. The Morgan fingerprint density at radius 2 is 2.00 bits per heavy atom. The SMILES string of the molecule is Cc1c(N2CCC3(CC2)CO[C@@H](C)[C@H]3N)nc(C)n(C2=C(Cl)[C@H](Cl)[C@H](Oc3ccn(C)n3)C=C2)c1=O. The summed E-state index contributed by atoms with van der Waals surface area (Å²) < 4.78 is 14.9. The molecule has 1 spiro atoms. The zero-order valence-electron chi connectivity index (χ0n) is 20.9.